The summed E-state index contributed by atoms with van der Waals surface area (Å²) in [7, 11) is 0. The molecule has 0 bridgehead atoms. The van der Waals surface area contributed by atoms with Gasteiger partial charge in [0.2, 0.25) is 4.77 Å². The summed E-state index contributed by atoms with van der Waals surface area (Å²) < 4.78 is 0.457. The minimum absolute atomic E-state index is 0.457. The molecule has 100 valence electrons. The van der Waals surface area contributed by atoms with Crippen molar-refractivity contribution < 1.29 is 0 Å². The first-order valence-corrected chi connectivity index (χ1v) is 7.27. The maximum atomic E-state index is 6.15. The van der Waals surface area contributed by atoms with Crippen molar-refractivity contribution in [2.75, 3.05) is 0 Å². The fourth-order valence-corrected chi connectivity index (χ4v) is 3.21. The Morgan fingerprint density at radius 2 is 2.05 bits per heavy atom. The van der Waals surface area contributed by atoms with Gasteiger partial charge in [0.05, 0.1) is 5.52 Å². The highest BCUT2D eigenvalue weighted by molar-refractivity contribution is 7.71. The Kier molecular flexibility index (Phi) is 2.65. The maximum absolute atomic E-state index is 6.15. The molecule has 0 unspecified atom stereocenters. The normalized spacial score (nSPS) is 13.8. The molecule has 0 saturated heterocycles. The van der Waals surface area contributed by atoms with Gasteiger partial charge in [-0.25, -0.2) is 0 Å². The van der Waals surface area contributed by atoms with Gasteiger partial charge < -0.3 is 0 Å². The van der Waals surface area contributed by atoms with E-state index in [1.807, 2.05) is 18.2 Å². The van der Waals surface area contributed by atoms with E-state index >= 15 is 0 Å². The van der Waals surface area contributed by atoms with Crippen LogP contribution in [0.15, 0.2) is 18.2 Å². The first-order valence-electron chi connectivity index (χ1n) is 6.48. The van der Waals surface area contributed by atoms with Crippen LogP contribution in [-0.4, -0.2) is 20.2 Å². The molecule has 4 nitrogen and oxygen atoms in total. The van der Waals surface area contributed by atoms with Gasteiger partial charge in [0.25, 0.3) is 0 Å². The number of fused-ring (bicyclic) bond motifs is 2. The second-order valence-corrected chi connectivity index (χ2v) is 5.77. The van der Waals surface area contributed by atoms with Gasteiger partial charge in [-0.15, -0.1) is 0 Å². The van der Waals surface area contributed by atoms with Gasteiger partial charge in [-0.2, -0.15) is 4.98 Å². The molecule has 2 heterocycles. The van der Waals surface area contributed by atoms with Gasteiger partial charge in [-0.3, -0.25) is 15.2 Å². The molecule has 20 heavy (non-hydrogen) atoms. The lowest BCUT2D eigenvalue weighted by Gasteiger charge is -2.10. The van der Waals surface area contributed by atoms with Gasteiger partial charge in [0.1, 0.15) is 0 Å². The van der Waals surface area contributed by atoms with Gasteiger partial charge in [0.15, 0.2) is 5.82 Å². The highest BCUT2D eigenvalue weighted by atomic mass is 35.5. The number of benzene rings is 1. The summed E-state index contributed by atoms with van der Waals surface area (Å²) in [5, 5.41) is 7.64. The average molecular weight is 303 g/mol. The Labute approximate surface area is 125 Å². The summed E-state index contributed by atoms with van der Waals surface area (Å²) in [5.74, 6) is 0.766. The zero-order valence-corrected chi connectivity index (χ0v) is 12.1. The van der Waals surface area contributed by atoms with Crippen LogP contribution in [0, 0.1) is 4.77 Å². The zero-order valence-electron chi connectivity index (χ0n) is 10.5. The SMILES string of the molecule is S=c1nc(-c2c3c(nc4ccc(Cl)cc24)CCC3)[nH][nH]1. The molecular formula is C14H11ClN4S. The van der Waals surface area contributed by atoms with Gasteiger partial charge in [-0.05, 0) is 55.2 Å². The minimum Gasteiger partial charge on any atom is -0.282 e. The van der Waals surface area contributed by atoms with Gasteiger partial charge in [0, 0.05) is 21.7 Å². The molecule has 0 fully saturated rings. The predicted octanol–water partition coefficient (Wildman–Crippen LogP) is 3.82. The average Bonchev–Trinajstić information content (AvgIpc) is 3.04. The summed E-state index contributed by atoms with van der Waals surface area (Å²) in [4.78, 5) is 9.12. The van der Waals surface area contributed by atoms with Crippen molar-refractivity contribution in [1.82, 2.24) is 20.2 Å². The van der Waals surface area contributed by atoms with Crippen LogP contribution in [0.4, 0.5) is 0 Å². The van der Waals surface area contributed by atoms with E-state index in [0.717, 1.165) is 47.2 Å². The van der Waals surface area contributed by atoms with E-state index in [9.17, 15) is 0 Å². The third kappa shape index (κ3) is 1.77. The lowest BCUT2D eigenvalue weighted by molar-refractivity contribution is 0.901. The third-order valence-electron chi connectivity index (χ3n) is 3.71. The molecule has 1 aliphatic carbocycles. The Morgan fingerprint density at radius 1 is 1.15 bits per heavy atom. The number of aromatic nitrogens is 4. The van der Waals surface area contributed by atoms with Crippen molar-refractivity contribution in [1.29, 1.82) is 0 Å². The molecule has 1 aromatic carbocycles. The lowest BCUT2D eigenvalue weighted by Crippen LogP contribution is -1.96. The number of nitrogens with one attached hydrogen (secondary N) is 2. The van der Waals surface area contributed by atoms with E-state index in [4.69, 9.17) is 28.8 Å². The molecule has 0 atom stereocenters. The van der Waals surface area contributed by atoms with Crippen molar-refractivity contribution in [3.05, 3.63) is 39.3 Å². The van der Waals surface area contributed by atoms with Crippen LogP contribution < -0.4 is 0 Å². The number of aromatic amines is 2. The monoisotopic (exact) mass is 302 g/mol. The summed E-state index contributed by atoms with van der Waals surface area (Å²) in [6.07, 6.45) is 3.17. The quantitative estimate of drug-likeness (QED) is 0.672. The summed E-state index contributed by atoms with van der Waals surface area (Å²) in [6.45, 7) is 0. The lowest BCUT2D eigenvalue weighted by atomic mass is 10.0. The van der Waals surface area contributed by atoms with Gasteiger partial charge >= 0.3 is 0 Å². The molecule has 0 amide bonds. The van der Waals surface area contributed by atoms with Crippen LogP contribution in [0.2, 0.25) is 5.02 Å². The highest BCUT2D eigenvalue weighted by Crippen LogP contribution is 2.36. The number of rotatable bonds is 1. The number of nitrogens with zero attached hydrogens (tertiary/aromatic N) is 2. The molecule has 3 aromatic rings. The van der Waals surface area contributed by atoms with Gasteiger partial charge in [-0.1, -0.05) is 11.6 Å². The number of aryl methyl sites for hydroxylation is 1. The number of H-pyrrole nitrogens is 2. The first-order chi connectivity index (χ1) is 9.72. The van der Waals surface area contributed by atoms with E-state index in [1.54, 1.807) is 0 Å². The molecule has 2 aromatic heterocycles. The number of halogens is 1. The fraction of sp³-hybridized carbons (Fsp3) is 0.214. The number of pyridine rings is 1. The first kappa shape index (κ1) is 12.1. The van der Waals surface area contributed by atoms with E-state index in [1.165, 1.54) is 5.56 Å². The van der Waals surface area contributed by atoms with E-state index in [0.29, 0.717) is 9.79 Å². The topological polar surface area (TPSA) is 57.4 Å². The molecule has 0 aliphatic heterocycles. The molecule has 0 radical (unpaired) electrons. The molecule has 1 aliphatic rings. The van der Waals surface area contributed by atoms with Crippen LogP contribution in [-0.2, 0) is 12.8 Å². The second kappa shape index (κ2) is 4.40. The van der Waals surface area contributed by atoms with Crippen molar-refractivity contribution >= 4 is 34.7 Å². The van der Waals surface area contributed by atoms with Crippen LogP contribution in [0.1, 0.15) is 17.7 Å². The summed E-state index contributed by atoms with van der Waals surface area (Å²) in [5.41, 5.74) is 4.46. The Balaban J connectivity index is 2.15. The molecule has 0 saturated carbocycles. The number of hydrogen-bond acceptors (Lipinski definition) is 3. The fourth-order valence-electron chi connectivity index (χ4n) is 2.89. The maximum Gasteiger partial charge on any atom is 0.213 e. The Morgan fingerprint density at radius 3 is 2.85 bits per heavy atom. The molecule has 6 heteroatoms. The Hall–Kier alpha value is -1.72. The molecule has 0 spiro atoms. The van der Waals surface area contributed by atoms with Crippen LogP contribution in [0.5, 0.6) is 0 Å². The largest absolute Gasteiger partial charge is 0.282 e. The molecular weight excluding hydrogens is 292 g/mol. The molecule has 4 rings (SSSR count). The van der Waals surface area contributed by atoms with Crippen LogP contribution in [0.25, 0.3) is 22.3 Å². The molecule has 2 N–H and O–H groups in total. The van der Waals surface area contributed by atoms with Crippen molar-refractivity contribution in [2.45, 2.75) is 19.3 Å². The second-order valence-electron chi connectivity index (χ2n) is 4.94. The van der Waals surface area contributed by atoms with E-state index in [2.05, 4.69) is 15.2 Å². The Bertz CT molecular complexity index is 881. The smallest absolute Gasteiger partial charge is 0.213 e. The summed E-state index contributed by atoms with van der Waals surface area (Å²) in [6, 6.07) is 5.78. The van der Waals surface area contributed by atoms with Crippen molar-refractivity contribution in [3.63, 3.8) is 0 Å². The van der Waals surface area contributed by atoms with Crippen molar-refractivity contribution in [2.24, 2.45) is 0 Å². The van der Waals surface area contributed by atoms with Crippen LogP contribution in [0.3, 0.4) is 0 Å². The zero-order chi connectivity index (χ0) is 13.7. The predicted molar refractivity (Wildman–Crippen MR) is 81.5 cm³/mol. The third-order valence-corrected chi connectivity index (χ3v) is 4.14. The number of hydrogen-bond donors (Lipinski definition) is 2. The van der Waals surface area contributed by atoms with E-state index in [-0.39, 0.29) is 0 Å². The van der Waals surface area contributed by atoms with E-state index < -0.39 is 0 Å². The summed E-state index contributed by atoms with van der Waals surface area (Å²) >= 11 is 11.2. The standard InChI is InChI=1S/C14H11ClN4S/c15-7-4-5-11-9(6-7)12(13-17-14(20)19-18-13)8-2-1-3-10(8)16-11/h4-6H,1-3H2,(H2,17,18,19,20). The van der Waals surface area contributed by atoms with Crippen molar-refractivity contribution in [3.8, 4) is 11.4 Å². The van der Waals surface area contributed by atoms with Crippen LogP contribution >= 0.6 is 23.8 Å². The minimum atomic E-state index is 0.457. The highest BCUT2D eigenvalue weighted by Gasteiger charge is 2.22.